The highest BCUT2D eigenvalue weighted by Gasteiger charge is 2.12. The Hall–Kier alpha value is -2.48. The third kappa shape index (κ3) is 4.75. The molecular weight excluding hydrogens is 395 g/mol. The van der Waals surface area contributed by atoms with Crippen LogP contribution in [0.5, 0.6) is 0 Å². The summed E-state index contributed by atoms with van der Waals surface area (Å²) < 4.78 is 18.9. The molecule has 8 heteroatoms. The first-order valence-corrected chi connectivity index (χ1v) is 10.0. The summed E-state index contributed by atoms with van der Waals surface area (Å²) in [6.45, 7) is 5.07. The van der Waals surface area contributed by atoms with Gasteiger partial charge in [-0.3, -0.25) is 9.69 Å². The number of ether oxygens (including phenoxy) is 1. The van der Waals surface area contributed by atoms with Gasteiger partial charge in [0, 0.05) is 36.8 Å². The fourth-order valence-corrected chi connectivity index (χ4v) is 3.51. The normalized spacial score (nSPS) is 15.0. The van der Waals surface area contributed by atoms with E-state index in [1.165, 1.54) is 12.1 Å². The Morgan fingerprint density at radius 2 is 2.00 bits per heavy atom. The lowest BCUT2D eigenvalue weighted by molar-refractivity contribution is 0.0374. The van der Waals surface area contributed by atoms with E-state index in [1.54, 1.807) is 12.1 Å². The van der Waals surface area contributed by atoms with Crippen LogP contribution < -0.4 is 5.32 Å². The van der Waals surface area contributed by atoms with Crippen molar-refractivity contribution in [2.24, 2.45) is 0 Å². The van der Waals surface area contributed by atoms with Crippen molar-refractivity contribution >= 4 is 28.5 Å². The van der Waals surface area contributed by atoms with E-state index in [2.05, 4.69) is 20.2 Å². The topological polar surface area (TPSA) is 70.2 Å². The number of H-pyrrole nitrogens is 1. The van der Waals surface area contributed by atoms with Crippen LogP contribution in [0.15, 0.2) is 36.4 Å². The molecule has 2 aromatic carbocycles. The number of rotatable bonds is 6. The zero-order valence-corrected chi connectivity index (χ0v) is 16.6. The number of morpholine rings is 1. The zero-order chi connectivity index (χ0) is 20.2. The number of hydrogen-bond donors (Lipinski definition) is 2. The van der Waals surface area contributed by atoms with Crippen molar-refractivity contribution in [2.45, 2.75) is 6.42 Å². The highest BCUT2D eigenvalue weighted by Crippen LogP contribution is 2.25. The van der Waals surface area contributed by atoms with Crippen molar-refractivity contribution in [1.82, 2.24) is 20.2 Å². The van der Waals surface area contributed by atoms with Crippen LogP contribution in [0.1, 0.15) is 16.8 Å². The van der Waals surface area contributed by atoms with E-state index in [1.807, 2.05) is 12.1 Å². The molecular formula is C21H22ClFN4O2. The molecule has 0 saturated carbocycles. The fraction of sp³-hybridized carbons (Fsp3) is 0.333. The van der Waals surface area contributed by atoms with Crippen molar-refractivity contribution in [1.29, 1.82) is 0 Å². The Bertz CT molecular complexity index is 961. The van der Waals surface area contributed by atoms with Crippen LogP contribution in [0, 0.1) is 5.82 Å². The standard InChI is InChI=1S/C21H22ClFN4O2/c22-16-12-18-19(13-17(16)23)26-20(25-18)14-2-4-15(5-3-14)21(28)24-6-1-7-27-8-10-29-11-9-27/h2-5,12-13H,1,6-11H2,(H,24,28)(H,25,26). The number of carbonyl (C=O) groups is 1. The van der Waals surface area contributed by atoms with Crippen LogP contribution in [0.25, 0.3) is 22.4 Å². The zero-order valence-electron chi connectivity index (χ0n) is 15.9. The molecule has 0 atom stereocenters. The van der Waals surface area contributed by atoms with E-state index in [9.17, 15) is 9.18 Å². The predicted octanol–water partition coefficient (Wildman–Crippen LogP) is 3.47. The molecule has 4 rings (SSSR count). The number of nitrogens with one attached hydrogen (secondary N) is 2. The lowest BCUT2D eigenvalue weighted by Crippen LogP contribution is -2.38. The molecule has 1 aliphatic heterocycles. The van der Waals surface area contributed by atoms with Crippen LogP contribution in [-0.2, 0) is 4.74 Å². The maximum Gasteiger partial charge on any atom is 0.251 e. The number of nitrogens with zero attached hydrogens (tertiary/aromatic N) is 2. The second kappa shape index (κ2) is 8.90. The molecule has 0 spiro atoms. The van der Waals surface area contributed by atoms with Crippen LogP contribution >= 0.6 is 11.6 Å². The number of fused-ring (bicyclic) bond motifs is 1. The second-order valence-corrected chi connectivity index (χ2v) is 7.42. The molecule has 1 amide bonds. The number of hydrogen-bond acceptors (Lipinski definition) is 4. The molecule has 1 aliphatic rings. The maximum absolute atomic E-state index is 13.6. The highest BCUT2D eigenvalue weighted by atomic mass is 35.5. The third-order valence-corrected chi connectivity index (χ3v) is 5.27. The maximum atomic E-state index is 13.6. The number of halogens is 2. The number of carbonyl (C=O) groups excluding carboxylic acids is 1. The highest BCUT2D eigenvalue weighted by molar-refractivity contribution is 6.31. The Labute approximate surface area is 173 Å². The van der Waals surface area contributed by atoms with Gasteiger partial charge in [-0.15, -0.1) is 0 Å². The lowest BCUT2D eigenvalue weighted by atomic mass is 10.1. The second-order valence-electron chi connectivity index (χ2n) is 7.01. The van der Waals surface area contributed by atoms with Gasteiger partial charge in [0.15, 0.2) is 0 Å². The van der Waals surface area contributed by atoms with Gasteiger partial charge in [-0.05, 0) is 31.2 Å². The molecule has 1 saturated heterocycles. The van der Waals surface area contributed by atoms with E-state index in [0.29, 0.717) is 29.0 Å². The summed E-state index contributed by atoms with van der Waals surface area (Å²) in [7, 11) is 0. The van der Waals surface area contributed by atoms with Gasteiger partial charge in [0.2, 0.25) is 0 Å². The van der Waals surface area contributed by atoms with Crippen molar-refractivity contribution in [3.8, 4) is 11.4 Å². The Morgan fingerprint density at radius 3 is 2.76 bits per heavy atom. The molecule has 0 radical (unpaired) electrons. The average molecular weight is 417 g/mol. The largest absolute Gasteiger partial charge is 0.379 e. The number of aromatic nitrogens is 2. The van der Waals surface area contributed by atoms with Crippen LogP contribution in [0.3, 0.4) is 0 Å². The van der Waals surface area contributed by atoms with E-state index in [-0.39, 0.29) is 10.9 Å². The number of aromatic amines is 1. The monoisotopic (exact) mass is 416 g/mol. The molecule has 0 unspecified atom stereocenters. The van der Waals surface area contributed by atoms with Gasteiger partial charge in [-0.2, -0.15) is 0 Å². The Kier molecular flexibility index (Phi) is 6.08. The summed E-state index contributed by atoms with van der Waals surface area (Å²) in [6.07, 6.45) is 0.905. The van der Waals surface area contributed by atoms with Crippen molar-refractivity contribution in [3.05, 3.63) is 52.8 Å². The number of amides is 1. The average Bonchev–Trinajstić information content (AvgIpc) is 3.15. The summed E-state index contributed by atoms with van der Waals surface area (Å²) in [5, 5.41) is 2.99. The number of benzene rings is 2. The predicted molar refractivity (Wildman–Crippen MR) is 111 cm³/mol. The quantitative estimate of drug-likeness (QED) is 0.603. The van der Waals surface area contributed by atoms with Gasteiger partial charge in [0.05, 0.1) is 29.3 Å². The molecule has 152 valence electrons. The third-order valence-electron chi connectivity index (χ3n) is 4.98. The van der Waals surface area contributed by atoms with Gasteiger partial charge in [-0.1, -0.05) is 23.7 Å². The molecule has 1 fully saturated rings. The minimum absolute atomic E-state index is 0.0381. The van der Waals surface area contributed by atoms with Crippen molar-refractivity contribution in [2.75, 3.05) is 39.4 Å². The molecule has 6 nitrogen and oxygen atoms in total. The molecule has 0 aliphatic carbocycles. The minimum Gasteiger partial charge on any atom is -0.379 e. The summed E-state index contributed by atoms with van der Waals surface area (Å²) in [5.74, 6) is 0.00567. The molecule has 3 aromatic rings. The molecule has 29 heavy (non-hydrogen) atoms. The minimum atomic E-state index is -0.491. The van der Waals surface area contributed by atoms with E-state index >= 15 is 0 Å². The van der Waals surface area contributed by atoms with Crippen LogP contribution in [0.2, 0.25) is 5.02 Å². The Morgan fingerprint density at radius 1 is 1.24 bits per heavy atom. The van der Waals surface area contributed by atoms with Crippen LogP contribution in [0.4, 0.5) is 4.39 Å². The number of imidazole rings is 1. The molecule has 0 bridgehead atoms. The summed E-state index contributed by atoms with van der Waals surface area (Å²) in [6, 6.07) is 9.97. The molecule has 1 aromatic heterocycles. The van der Waals surface area contributed by atoms with Crippen molar-refractivity contribution in [3.63, 3.8) is 0 Å². The lowest BCUT2D eigenvalue weighted by Gasteiger charge is -2.26. The Balaban J connectivity index is 1.34. The SMILES string of the molecule is O=C(NCCCN1CCOCC1)c1ccc(-c2nc3cc(Cl)c(F)cc3[nH]2)cc1. The van der Waals surface area contributed by atoms with E-state index < -0.39 is 5.82 Å². The summed E-state index contributed by atoms with van der Waals surface area (Å²) in [5.41, 5.74) is 2.56. The smallest absolute Gasteiger partial charge is 0.251 e. The first kappa shape index (κ1) is 19.8. The summed E-state index contributed by atoms with van der Waals surface area (Å²) in [4.78, 5) is 22.2. The van der Waals surface area contributed by atoms with Gasteiger partial charge in [0.25, 0.3) is 5.91 Å². The van der Waals surface area contributed by atoms with Gasteiger partial charge in [0.1, 0.15) is 11.6 Å². The summed E-state index contributed by atoms with van der Waals surface area (Å²) >= 11 is 5.81. The molecule has 2 heterocycles. The van der Waals surface area contributed by atoms with Gasteiger partial charge >= 0.3 is 0 Å². The first-order valence-electron chi connectivity index (χ1n) is 9.63. The van der Waals surface area contributed by atoms with Crippen molar-refractivity contribution < 1.29 is 13.9 Å². The molecule has 2 N–H and O–H groups in total. The van der Waals surface area contributed by atoms with Crippen LogP contribution in [-0.4, -0.2) is 60.2 Å². The van der Waals surface area contributed by atoms with E-state index in [4.69, 9.17) is 16.3 Å². The fourth-order valence-electron chi connectivity index (χ4n) is 3.35. The van der Waals surface area contributed by atoms with Gasteiger partial charge in [-0.25, -0.2) is 9.37 Å². The van der Waals surface area contributed by atoms with Gasteiger partial charge < -0.3 is 15.0 Å². The first-order chi connectivity index (χ1) is 14.1. The van der Waals surface area contributed by atoms with E-state index in [0.717, 1.165) is 44.8 Å².